The second-order valence-corrected chi connectivity index (χ2v) is 19.0. The highest BCUT2D eigenvalue weighted by Crippen LogP contribution is 2.48. The van der Waals surface area contributed by atoms with Gasteiger partial charge < -0.3 is 29.7 Å². The van der Waals surface area contributed by atoms with Crippen molar-refractivity contribution in [3.05, 3.63) is 36.5 Å². The molecule has 4 amide bonds. The second-order valence-electron chi connectivity index (χ2n) is 16.8. The Morgan fingerprint density at radius 3 is 2.52 bits per heavy atom. The molecule has 7 atom stereocenters. The first kappa shape index (κ1) is 42.9. The number of ether oxygens (including phenoxy) is 3. The number of benzene rings is 1. The van der Waals surface area contributed by atoms with E-state index in [2.05, 4.69) is 25.6 Å². The van der Waals surface area contributed by atoms with Crippen molar-refractivity contribution in [2.45, 2.75) is 126 Å². The molecule has 3 fully saturated rings. The van der Waals surface area contributed by atoms with Crippen LogP contribution in [0.3, 0.4) is 0 Å². The molecule has 0 bridgehead atoms. The Bertz CT molecular complexity index is 2080. The number of alkyl carbamates (subject to hydrolysis) is 1. The summed E-state index contributed by atoms with van der Waals surface area (Å²) in [6.07, 6.45) is 0.419. The Kier molecular flexibility index (Phi) is 11.7. The molecular weight excluding hydrogens is 786 g/mol. The first-order valence-corrected chi connectivity index (χ1v) is 21.0. The number of aromatic nitrogens is 2. The van der Waals surface area contributed by atoms with Crippen LogP contribution in [0.1, 0.15) is 86.0 Å². The minimum Gasteiger partial charge on any atom is -0.497 e. The van der Waals surface area contributed by atoms with E-state index in [0.29, 0.717) is 69.0 Å². The van der Waals surface area contributed by atoms with Gasteiger partial charge in [0.1, 0.15) is 40.7 Å². The minimum atomic E-state index is -4.92. The van der Waals surface area contributed by atoms with Gasteiger partial charge in [-0.25, -0.2) is 13.2 Å². The number of carbonyl (C=O) groups is 4. The molecule has 4 aliphatic rings. The highest BCUT2D eigenvalue weighted by Gasteiger charge is 2.63. The van der Waals surface area contributed by atoms with Crippen LogP contribution in [0.25, 0.3) is 10.9 Å². The number of rotatable bonds is 9. The first-order valence-electron chi connectivity index (χ1n) is 19.5. The number of carbonyl (C=O) groups excluding carboxylic acids is 4. The van der Waals surface area contributed by atoms with Crippen LogP contribution in [0, 0.1) is 17.8 Å². The van der Waals surface area contributed by atoms with Crippen molar-refractivity contribution < 1.29 is 55.0 Å². The third-order valence-electron chi connectivity index (χ3n) is 12.0. The molecule has 0 radical (unpaired) electrons. The Hall–Kier alpha value is -4.68. The minimum absolute atomic E-state index is 0.0348. The number of nitrogens with one attached hydrogen (secondary N) is 3. The zero-order valence-corrected chi connectivity index (χ0v) is 34.2. The molecule has 15 nitrogen and oxygen atoms in total. The third kappa shape index (κ3) is 8.69. The average molecular weight is 837 g/mol. The second kappa shape index (κ2) is 15.8. The zero-order chi connectivity index (χ0) is 42.4. The molecule has 0 spiro atoms. The predicted molar refractivity (Wildman–Crippen MR) is 204 cm³/mol. The number of nitrogens with zero attached hydrogens (tertiary/aromatic N) is 3. The quantitative estimate of drug-likeness (QED) is 0.297. The summed E-state index contributed by atoms with van der Waals surface area (Å²) in [5, 5.41) is 14.0. The molecule has 19 heteroatoms. The van der Waals surface area contributed by atoms with Crippen LogP contribution < -0.4 is 24.8 Å². The van der Waals surface area contributed by atoms with Crippen LogP contribution in [0.4, 0.5) is 18.0 Å². The molecule has 1 aromatic carbocycles. The summed E-state index contributed by atoms with van der Waals surface area (Å²) in [5.41, 5.74) is -4.09. The standard InChI is InChI=1S/C39H51F3N6O9S/c1-7-23-16-22(2)10-8-9-11-24-19-38(24,34(51)47-58(53,54)37(5)14-15-37)45-32(49)29-18-26(56-30-20-43-46-28-17-25(55-6)12-13-27(28)30)21-48(29)33(50)31(23)44-35(52)57-36(3,4)39(40,41)42/h9,11-13,17,20,22-24,26,29,31H,7-8,10,14-16,18-19,21H2,1-6H3,(H,44,52)(H,45,49)(H,47,51)/b11-9-/t22-,23-,24-,26-,29+,31+,38-/m1/s1. The molecule has 6 rings (SSSR count). The fraction of sp³-hybridized carbons (Fsp3) is 0.641. The Labute approximate surface area is 335 Å². The van der Waals surface area contributed by atoms with Crippen LogP contribution in [-0.2, 0) is 29.1 Å². The number of hydrogen-bond donors (Lipinski definition) is 3. The number of fused-ring (bicyclic) bond motifs is 3. The number of hydrogen-bond acceptors (Lipinski definition) is 11. The highest BCUT2D eigenvalue weighted by atomic mass is 32.2. The van der Waals surface area contributed by atoms with Crippen LogP contribution in [0.15, 0.2) is 36.5 Å². The fourth-order valence-electron chi connectivity index (χ4n) is 7.68. The van der Waals surface area contributed by atoms with Crippen LogP contribution >= 0.6 is 0 Å². The molecule has 2 aromatic rings. The van der Waals surface area contributed by atoms with Gasteiger partial charge in [0.2, 0.25) is 27.4 Å². The van der Waals surface area contributed by atoms with Crippen molar-refractivity contribution in [3.63, 3.8) is 0 Å². The van der Waals surface area contributed by atoms with Gasteiger partial charge in [-0.05, 0) is 83.3 Å². The number of alkyl halides is 3. The Morgan fingerprint density at radius 1 is 1.14 bits per heavy atom. The van der Waals surface area contributed by atoms with Crippen molar-refractivity contribution in [1.29, 1.82) is 0 Å². The van der Waals surface area contributed by atoms with E-state index in [9.17, 15) is 40.8 Å². The largest absolute Gasteiger partial charge is 0.497 e. The highest BCUT2D eigenvalue weighted by molar-refractivity contribution is 7.91. The maximum atomic E-state index is 14.9. The van der Waals surface area contributed by atoms with Crippen molar-refractivity contribution >= 4 is 44.7 Å². The SMILES string of the molecule is CC[C@@H]1C[C@H](C)CC/C=C\[C@@H]2C[C@@]2(C(=O)NS(=O)(=O)C2(C)CC2)NC(=O)[C@@H]2C[C@@H](Oc3cnnc4cc(OC)ccc34)CN2C(=O)[C@H]1NC(=O)OC(C)(C)C(F)(F)F. The fourth-order valence-corrected chi connectivity index (χ4v) is 8.99. The van der Waals surface area contributed by atoms with Gasteiger partial charge >= 0.3 is 12.3 Å². The van der Waals surface area contributed by atoms with E-state index >= 15 is 0 Å². The van der Waals surface area contributed by atoms with Gasteiger partial charge in [0.25, 0.3) is 5.91 Å². The molecule has 318 valence electrons. The number of allylic oxidation sites excluding steroid dienone is 1. The van der Waals surface area contributed by atoms with E-state index < -0.39 is 85.9 Å². The maximum Gasteiger partial charge on any atom is 0.427 e. The van der Waals surface area contributed by atoms with E-state index in [1.54, 1.807) is 31.2 Å². The monoisotopic (exact) mass is 836 g/mol. The average Bonchev–Trinajstić information content (AvgIpc) is 4.03. The molecule has 0 unspecified atom stereocenters. The van der Waals surface area contributed by atoms with E-state index in [1.807, 2.05) is 13.0 Å². The smallest absolute Gasteiger partial charge is 0.427 e. The van der Waals surface area contributed by atoms with Gasteiger partial charge in [-0.1, -0.05) is 32.4 Å². The lowest BCUT2D eigenvalue weighted by molar-refractivity contribution is -0.244. The summed E-state index contributed by atoms with van der Waals surface area (Å²) < 4.78 is 85.3. The Balaban J connectivity index is 1.37. The lowest BCUT2D eigenvalue weighted by atomic mass is 9.85. The zero-order valence-electron chi connectivity index (χ0n) is 33.4. The lowest BCUT2D eigenvalue weighted by Crippen LogP contribution is -2.60. The summed E-state index contributed by atoms with van der Waals surface area (Å²) >= 11 is 0. The van der Waals surface area contributed by atoms with Gasteiger partial charge in [-0.2, -0.15) is 23.4 Å². The predicted octanol–water partition coefficient (Wildman–Crippen LogP) is 4.70. The maximum absolute atomic E-state index is 14.9. The molecule has 2 aliphatic carbocycles. The summed E-state index contributed by atoms with van der Waals surface area (Å²) in [4.78, 5) is 57.7. The number of halogens is 3. The molecule has 2 saturated carbocycles. The van der Waals surface area contributed by atoms with Crippen LogP contribution in [0.2, 0.25) is 0 Å². The molecular formula is C39H51F3N6O9S. The molecule has 58 heavy (non-hydrogen) atoms. The summed E-state index contributed by atoms with van der Waals surface area (Å²) in [6, 6.07) is 2.32. The van der Waals surface area contributed by atoms with Crippen molar-refractivity contribution in [1.82, 2.24) is 30.5 Å². The van der Waals surface area contributed by atoms with E-state index in [0.717, 1.165) is 0 Å². The van der Waals surface area contributed by atoms with Crippen molar-refractivity contribution in [2.75, 3.05) is 13.7 Å². The van der Waals surface area contributed by atoms with Gasteiger partial charge in [-0.3, -0.25) is 19.1 Å². The molecule has 2 aliphatic heterocycles. The van der Waals surface area contributed by atoms with Crippen LogP contribution in [0.5, 0.6) is 11.5 Å². The normalized spacial score (nSPS) is 29.4. The number of methoxy groups -OCH3 is 1. The summed E-state index contributed by atoms with van der Waals surface area (Å²) in [6.45, 7) is 6.47. The van der Waals surface area contributed by atoms with E-state index in [4.69, 9.17) is 14.2 Å². The van der Waals surface area contributed by atoms with Crippen molar-refractivity contribution in [2.24, 2.45) is 17.8 Å². The molecule has 1 aromatic heterocycles. The van der Waals surface area contributed by atoms with E-state index in [-0.39, 0.29) is 31.1 Å². The summed E-state index contributed by atoms with van der Waals surface area (Å²) in [5.74, 6) is -2.81. The van der Waals surface area contributed by atoms with Gasteiger partial charge in [-0.15, -0.1) is 0 Å². The van der Waals surface area contributed by atoms with E-state index in [1.165, 1.54) is 25.1 Å². The lowest BCUT2D eigenvalue weighted by Gasteiger charge is -2.35. The summed E-state index contributed by atoms with van der Waals surface area (Å²) in [7, 11) is -2.58. The first-order chi connectivity index (χ1) is 27.1. The number of amides is 4. The molecule has 3 heterocycles. The van der Waals surface area contributed by atoms with Crippen molar-refractivity contribution in [3.8, 4) is 11.5 Å². The third-order valence-corrected chi connectivity index (χ3v) is 14.2. The molecule has 3 N–H and O–H groups in total. The van der Waals surface area contributed by atoms with Gasteiger partial charge in [0.05, 0.1) is 24.6 Å². The van der Waals surface area contributed by atoms with Crippen LogP contribution in [-0.4, -0.2) is 101 Å². The molecule has 1 saturated heterocycles. The van der Waals surface area contributed by atoms with Gasteiger partial charge in [0, 0.05) is 23.8 Å². The Morgan fingerprint density at radius 2 is 1.86 bits per heavy atom. The number of sulfonamides is 1. The topological polar surface area (TPSA) is 195 Å². The van der Waals surface area contributed by atoms with Gasteiger partial charge in [0.15, 0.2) is 0 Å².